The maximum absolute atomic E-state index is 12.8. The molecule has 0 aliphatic rings. The Labute approximate surface area is 403 Å². The highest BCUT2D eigenvalue weighted by Gasteiger charge is 2.28. The standard InChI is InChI=1S/C54H97O11P/c1-4-7-10-13-16-19-22-24-25-27-30-33-36-39-42-45-54(58)65-51(47-61-52(56)43-40-37-34-31-29-26-23-20-17-14-11-8-5-2)49-63-66(59,60)62-48-50(46-55)64-53(57)44-41-38-35-32-28-21-18-15-12-9-6-3/h8,11,17,20,24-26,29,50-51,55H,4-7,9-10,12-16,18-19,21-23,27-28,30-49H2,1-3H3,(H,59,60)/b11-8-,20-17-,25-24-,29-26-. The summed E-state index contributed by atoms with van der Waals surface area (Å²) in [6.07, 6.45) is 49.4. The molecule has 66 heavy (non-hydrogen) atoms. The number of aliphatic hydroxyl groups is 1. The summed E-state index contributed by atoms with van der Waals surface area (Å²) in [4.78, 5) is 48.3. The molecule has 0 aliphatic heterocycles. The van der Waals surface area contributed by atoms with Crippen LogP contribution >= 0.6 is 7.82 Å². The molecule has 12 heteroatoms. The van der Waals surface area contributed by atoms with Gasteiger partial charge in [-0.1, -0.05) is 191 Å². The zero-order valence-corrected chi connectivity index (χ0v) is 43.1. The molecule has 0 aromatic heterocycles. The summed E-state index contributed by atoms with van der Waals surface area (Å²) in [5.74, 6) is -1.50. The van der Waals surface area contributed by atoms with Gasteiger partial charge in [0.05, 0.1) is 19.8 Å². The topological polar surface area (TPSA) is 155 Å². The highest BCUT2D eigenvalue weighted by atomic mass is 31.2. The number of unbranched alkanes of at least 4 members (excludes halogenated alkanes) is 24. The van der Waals surface area contributed by atoms with Crippen molar-refractivity contribution in [2.45, 2.75) is 251 Å². The largest absolute Gasteiger partial charge is 0.472 e. The fourth-order valence-electron chi connectivity index (χ4n) is 7.19. The van der Waals surface area contributed by atoms with E-state index in [-0.39, 0.29) is 25.9 Å². The maximum Gasteiger partial charge on any atom is 0.472 e. The molecule has 0 amide bonds. The van der Waals surface area contributed by atoms with Gasteiger partial charge in [0.15, 0.2) is 6.10 Å². The Kier molecular flexibility index (Phi) is 47.0. The van der Waals surface area contributed by atoms with E-state index in [1.807, 2.05) is 0 Å². The Bertz CT molecular complexity index is 1300. The van der Waals surface area contributed by atoms with Gasteiger partial charge in [-0.05, 0) is 77.0 Å². The van der Waals surface area contributed by atoms with Gasteiger partial charge in [0.2, 0.25) is 0 Å². The third-order valence-electron chi connectivity index (χ3n) is 11.2. The number of aliphatic hydroxyl groups excluding tert-OH is 1. The van der Waals surface area contributed by atoms with Crippen LogP contribution in [0.1, 0.15) is 239 Å². The quantitative estimate of drug-likeness (QED) is 0.0197. The van der Waals surface area contributed by atoms with Crippen LogP contribution in [0.2, 0.25) is 0 Å². The molecule has 0 radical (unpaired) electrons. The van der Waals surface area contributed by atoms with Crippen molar-refractivity contribution in [2.24, 2.45) is 0 Å². The van der Waals surface area contributed by atoms with Crippen LogP contribution in [0.15, 0.2) is 48.6 Å². The highest BCUT2D eigenvalue weighted by molar-refractivity contribution is 7.47. The van der Waals surface area contributed by atoms with Crippen LogP contribution < -0.4 is 0 Å². The number of esters is 3. The number of allylic oxidation sites excluding steroid dienone is 8. The predicted octanol–water partition coefficient (Wildman–Crippen LogP) is 15.0. The van der Waals surface area contributed by atoms with Crippen molar-refractivity contribution in [3.63, 3.8) is 0 Å². The molecule has 0 rings (SSSR count). The van der Waals surface area contributed by atoms with Crippen molar-refractivity contribution in [1.29, 1.82) is 0 Å². The summed E-state index contributed by atoms with van der Waals surface area (Å²) in [5, 5.41) is 9.76. The Morgan fingerprint density at radius 2 is 0.788 bits per heavy atom. The van der Waals surface area contributed by atoms with Crippen LogP contribution in [0.5, 0.6) is 0 Å². The summed E-state index contributed by atoms with van der Waals surface area (Å²) in [5.41, 5.74) is 0. The van der Waals surface area contributed by atoms with Gasteiger partial charge in [0.1, 0.15) is 12.7 Å². The normalized spacial score (nSPS) is 13.8. The van der Waals surface area contributed by atoms with Crippen LogP contribution in [-0.4, -0.2) is 66.5 Å². The molecule has 0 aromatic rings. The van der Waals surface area contributed by atoms with Gasteiger partial charge in [-0.2, -0.15) is 0 Å². The number of hydrogen-bond donors (Lipinski definition) is 2. The zero-order valence-electron chi connectivity index (χ0n) is 42.2. The van der Waals surface area contributed by atoms with Crippen molar-refractivity contribution >= 4 is 25.7 Å². The van der Waals surface area contributed by atoms with Gasteiger partial charge >= 0.3 is 25.7 Å². The SMILES string of the molecule is CC/C=C\C/C=C\C/C=C\CCCCCC(=O)OCC(COP(=O)(O)OCC(CO)OC(=O)CCCCCCCCCCCCC)OC(=O)CCCCCCC/C=C\CCCCCCCC. The van der Waals surface area contributed by atoms with E-state index in [4.69, 9.17) is 23.3 Å². The second-order valence-electron chi connectivity index (χ2n) is 17.7. The molecule has 0 aromatic carbocycles. The number of carbonyl (C=O) groups excluding carboxylic acids is 3. The molecule has 0 aliphatic carbocycles. The van der Waals surface area contributed by atoms with Crippen molar-refractivity contribution in [1.82, 2.24) is 0 Å². The Morgan fingerprint density at radius 3 is 1.24 bits per heavy atom. The first-order chi connectivity index (χ1) is 32.2. The summed E-state index contributed by atoms with van der Waals surface area (Å²) < 4.78 is 39.3. The van der Waals surface area contributed by atoms with Crippen molar-refractivity contribution in [2.75, 3.05) is 26.4 Å². The third kappa shape index (κ3) is 46.5. The van der Waals surface area contributed by atoms with Gasteiger partial charge in [0.25, 0.3) is 0 Å². The minimum atomic E-state index is -4.74. The first kappa shape index (κ1) is 63.4. The van der Waals surface area contributed by atoms with E-state index in [2.05, 4.69) is 69.4 Å². The van der Waals surface area contributed by atoms with Gasteiger partial charge in [-0.25, -0.2) is 4.57 Å². The van der Waals surface area contributed by atoms with Gasteiger partial charge in [-0.15, -0.1) is 0 Å². The van der Waals surface area contributed by atoms with E-state index in [0.717, 1.165) is 96.3 Å². The molecule has 3 atom stereocenters. The van der Waals surface area contributed by atoms with Gasteiger partial charge < -0.3 is 24.2 Å². The van der Waals surface area contributed by atoms with Gasteiger partial charge in [0, 0.05) is 19.3 Å². The zero-order chi connectivity index (χ0) is 48.4. The smallest absolute Gasteiger partial charge is 0.462 e. The maximum atomic E-state index is 12.8. The van der Waals surface area contributed by atoms with Crippen molar-refractivity contribution < 1.29 is 52.2 Å². The van der Waals surface area contributed by atoms with E-state index in [0.29, 0.717) is 19.3 Å². The number of carbonyl (C=O) groups is 3. The molecule has 3 unspecified atom stereocenters. The summed E-state index contributed by atoms with van der Waals surface area (Å²) >= 11 is 0. The van der Waals surface area contributed by atoms with Crippen LogP contribution in [0, 0.1) is 0 Å². The number of ether oxygens (including phenoxy) is 3. The second kappa shape index (κ2) is 48.9. The molecule has 0 bridgehead atoms. The molecule has 0 fully saturated rings. The molecular weight excluding hydrogens is 856 g/mol. The summed E-state index contributed by atoms with van der Waals surface area (Å²) in [7, 11) is -4.74. The minimum absolute atomic E-state index is 0.152. The first-order valence-electron chi connectivity index (χ1n) is 26.5. The molecule has 0 saturated heterocycles. The minimum Gasteiger partial charge on any atom is -0.462 e. The first-order valence-corrected chi connectivity index (χ1v) is 28.0. The number of hydrogen-bond acceptors (Lipinski definition) is 10. The fourth-order valence-corrected chi connectivity index (χ4v) is 7.97. The lowest BCUT2D eigenvalue weighted by Gasteiger charge is -2.21. The van der Waals surface area contributed by atoms with E-state index < -0.39 is 57.8 Å². The average molecular weight is 953 g/mol. The van der Waals surface area contributed by atoms with Crippen LogP contribution in [-0.2, 0) is 42.2 Å². The molecule has 11 nitrogen and oxygen atoms in total. The lowest BCUT2D eigenvalue weighted by atomic mass is 10.1. The summed E-state index contributed by atoms with van der Waals surface area (Å²) in [6.45, 7) is 4.47. The number of phosphoric acid groups is 1. The Morgan fingerprint density at radius 1 is 0.439 bits per heavy atom. The van der Waals surface area contributed by atoms with Crippen LogP contribution in [0.25, 0.3) is 0 Å². The van der Waals surface area contributed by atoms with Crippen LogP contribution in [0.3, 0.4) is 0 Å². The number of phosphoric ester groups is 1. The highest BCUT2D eigenvalue weighted by Crippen LogP contribution is 2.43. The van der Waals surface area contributed by atoms with Crippen molar-refractivity contribution in [3.05, 3.63) is 48.6 Å². The third-order valence-corrected chi connectivity index (χ3v) is 12.2. The Hall–Kier alpha value is -2.56. The molecular formula is C54H97O11P. The average Bonchev–Trinajstić information content (AvgIpc) is 3.30. The predicted molar refractivity (Wildman–Crippen MR) is 270 cm³/mol. The molecule has 0 saturated carbocycles. The summed E-state index contributed by atoms with van der Waals surface area (Å²) in [6, 6.07) is 0. The molecule has 384 valence electrons. The molecule has 2 N–H and O–H groups in total. The van der Waals surface area contributed by atoms with E-state index >= 15 is 0 Å². The molecule has 0 heterocycles. The molecule has 0 spiro atoms. The van der Waals surface area contributed by atoms with E-state index in [9.17, 15) is 28.9 Å². The van der Waals surface area contributed by atoms with E-state index in [1.54, 1.807) is 0 Å². The van der Waals surface area contributed by atoms with Gasteiger partial charge in [-0.3, -0.25) is 23.4 Å². The van der Waals surface area contributed by atoms with Crippen LogP contribution in [0.4, 0.5) is 0 Å². The number of rotatable bonds is 49. The fraction of sp³-hybridized carbons (Fsp3) is 0.796. The van der Waals surface area contributed by atoms with Crippen molar-refractivity contribution in [3.8, 4) is 0 Å². The lowest BCUT2D eigenvalue weighted by molar-refractivity contribution is -0.161. The Balaban J connectivity index is 4.78. The lowest BCUT2D eigenvalue weighted by Crippen LogP contribution is -2.30. The van der Waals surface area contributed by atoms with E-state index in [1.165, 1.54) is 83.5 Å². The second-order valence-corrected chi connectivity index (χ2v) is 19.1. The monoisotopic (exact) mass is 953 g/mol.